The minimum Gasteiger partial charge on any atom is -0.481 e. The van der Waals surface area contributed by atoms with Crippen molar-refractivity contribution in [2.45, 2.75) is 31.5 Å². The van der Waals surface area contributed by atoms with Crippen molar-refractivity contribution in [1.82, 2.24) is 0 Å². The van der Waals surface area contributed by atoms with E-state index in [0.717, 1.165) is 11.6 Å². The van der Waals surface area contributed by atoms with E-state index in [1.807, 2.05) is 6.08 Å². The van der Waals surface area contributed by atoms with Gasteiger partial charge in [-0.05, 0) is 24.0 Å². The van der Waals surface area contributed by atoms with Crippen LogP contribution in [0.15, 0.2) is 42.5 Å². The number of carboxylic acids is 1. The SMILES string of the molecule is CC1(C2(O)CC=Cc3ccccc32)C=CC(C(F)(F)F)CC1C(=O)O. The molecule has 0 amide bonds. The summed E-state index contributed by atoms with van der Waals surface area (Å²) in [5.74, 6) is -4.50. The molecule has 134 valence electrons. The zero-order valence-corrected chi connectivity index (χ0v) is 13.6. The lowest BCUT2D eigenvalue weighted by molar-refractivity contribution is -0.185. The molecular formula is C19H19F3O3. The summed E-state index contributed by atoms with van der Waals surface area (Å²) < 4.78 is 39.3. The maximum atomic E-state index is 13.1. The number of fused-ring (bicyclic) bond motifs is 1. The third-order valence-corrected chi connectivity index (χ3v) is 5.61. The van der Waals surface area contributed by atoms with Crippen molar-refractivity contribution >= 4 is 12.0 Å². The normalized spacial score (nSPS) is 34.6. The number of halogens is 3. The smallest absolute Gasteiger partial charge is 0.395 e. The van der Waals surface area contributed by atoms with Gasteiger partial charge in [0.25, 0.3) is 0 Å². The van der Waals surface area contributed by atoms with Gasteiger partial charge in [0.1, 0.15) is 5.60 Å². The van der Waals surface area contributed by atoms with Gasteiger partial charge in [0.15, 0.2) is 0 Å². The van der Waals surface area contributed by atoms with Gasteiger partial charge < -0.3 is 10.2 Å². The molecule has 0 saturated heterocycles. The second-order valence-corrected chi connectivity index (χ2v) is 6.97. The van der Waals surface area contributed by atoms with Crippen molar-refractivity contribution in [3.63, 3.8) is 0 Å². The first kappa shape index (κ1) is 17.7. The molecular weight excluding hydrogens is 333 g/mol. The van der Waals surface area contributed by atoms with Crippen molar-refractivity contribution in [3.05, 3.63) is 53.6 Å². The lowest BCUT2D eigenvalue weighted by atomic mass is 9.56. The number of allylic oxidation sites excluding steroid dienone is 1. The molecule has 6 heteroatoms. The molecule has 3 nitrogen and oxygen atoms in total. The van der Waals surface area contributed by atoms with Gasteiger partial charge in [-0.25, -0.2) is 0 Å². The Kier molecular flexibility index (Phi) is 4.06. The Hall–Kier alpha value is -2.08. The maximum Gasteiger partial charge on any atom is 0.395 e. The minimum atomic E-state index is -4.50. The summed E-state index contributed by atoms with van der Waals surface area (Å²) in [6.07, 6.45) is 0.871. The first-order chi connectivity index (χ1) is 11.6. The number of benzene rings is 1. The zero-order chi connectivity index (χ0) is 18.5. The summed E-state index contributed by atoms with van der Waals surface area (Å²) in [5, 5.41) is 21.1. The van der Waals surface area contributed by atoms with E-state index in [1.54, 1.807) is 30.3 Å². The first-order valence-corrected chi connectivity index (χ1v) is 8.07. The van der Waals surface area contributed by atoms with E-state index >= 15 is 0 Å². The van der Waals surface area contributed by atoms with Gasteiger partial charge in [0, 0.05) is 5.41 Å². The summed E-state index contributed by atoms with van der Waals surface area (Å²) >= 11 is 0. The molecule has 2 aliphatic rings. The van der Waals surface area contributed by atoms with Crippen LogP contribution in [-0.2, 0) is 10.4 Å². The predicted molar refractivity (Wildman–Crippen MR) is 86.5 cm³/mol. The van der Waals surface area contributed by atoms with Gasteiger partial charge in [0.2, 0.25) is 0 Å². The fourth-order valence-electron chi connectivity index (χ4n) is 4.03. The van der Waals surface area contributed by atoms with Crippen LogP contribution < -0.4 is 0 Å². The standard InChI is InChI=1S/C19H19F3O3/c1-17(10-8-13(19(20,21)22)11-15(17)16(23)24)18(25)9-4-6-12-5-2-3-7-14(12)18/h2-8,10,13,15,25H,9,11H2,1H3,(H,23,24). The number of aliphatic hydroxyl groups is 1. The molecule has 0 saturated carbocycles. The molecule has 0 radical (unpaired) electrons. The average Bonchev–Trinajstić information content (AvgIpc) is 2.54. The van der Waals surface area contributed by atoms with Crippen LogP contribution >= 0.6 is 0 Å². The van der Waals surface area contributed by atoms with E-state index in [0.29, 0.717) is 5.56 Å². The van der Waals surface area contributed by atoms with Gasteiger partial charge in [-0.1, -0.05) is 55.5 Å². The first-order valence-electron chi connectivity index (χ1n) is 8.07. The van der Waals surface area contributed by atoms with Crippen LogP contribution in [0.4, 0.5) is 13.2 Å². The van der Waals surface area contributed by atoms with Gasteiger partial charge in [-0.2, -0.15) is 13.2 Å². The minimum absolute atomic E-state index is 0.144. The number of hydrogen-bond acceptors (Lipinski definition) is 2. The summed E-state index contributed by atoms with van der Waals surface area (Å²) in [4.78, 5) is 11.8. The number of hydrogen-bond donors (Lipinski definition) is 2. The molecule has 3 rings (SSSR count). The Bertz CT molecular complexity index is 753. The van der Waals surface area contributed by atoms with E-state index in [4.69, 9.17) is 0 Å². The molecule has 0 bridgehead atoms. The maximum absolute atomic E-state index is 13.1. The molecule has 2 aliphatic carbocycles. The molecule has 0 spiro atoms. The Morgan fingerprint density at radius 1 is 1.28 bits per heavy atom. The average molecular weight is 352 g/mol. The highest BCUT2D eigenvalue weighted by molar-refractivity contribution is 5.73. The molecule has 1 aromatic rings. The van der Waals surface area contributed by atoms with Crippen LogP contribution in [-0.4, -0.2) is 22.4 Å². The lowest BCUT2D eigenvalue weighted by Crippen LogP contribution is -2.53. The van der Waals surface area contributed by atoms with E-state index in [1.165, 1.54) is 13.0 Å². The van der Waals surface area contributed by atoms with Crippen LogP contribution in [0.3, 0.4) is 0 Å². The molecule has 25 heavy (non-hydrogen) atoms. The molecule has 4 unspecified atom stereocenters. The fourth-order valence-corrected chi connectivity index (χ4v) is 4.03. The third-order valence-electron chi connectivity index (χ3n) is 5.61. The van der Waals surface area contributed by atoms with Crippen molar-refractivity contribution in [2.24, 2.45) is 17.3 Å². The van der Waals surface area contributed by atoms with Crippen molar-refractivity contribution in [1.29, 1.82) is 0 Å². The Morgan fingerprint density at radius 2 is 1.96 bits per heavy atom. The molecule has 4 atom stereocenters. The van der Waals surface area contributed by atoms with Crippen LogP contribution in [0.2, 0.25) is 0 Å². The van der Waals surface area contributed by atoms with E-state index < -0.39 is 41.4 Å². The van der Waals surface area contributed by atoms with Gasteiger partial charge in [-0.15, -0.1) is 0 Å². The van der Waals surface area contributed by atoms with Crippen LogP contribution in [0.25, 0.3) is 6.08 Å². The summed E-state index contributed by atoms with van der Waals surface area (Å²) in [6, 6.07) is 7.02. The van der Waals surface area contributed by atoms with E-state index in [-0.39, 0.29) is 6.42 Å². The molecule has 2 N–H and O–H groups in total. The second kappa shape index (κ2) is 5.73. The Balaban J connectivity index is 2.13. The van der Waals surface area contributed by atoms with Gasteiger partial charge >= 0.3 is 12.1 Å². The van der Waals surface area contributed by atoms with E-state index in [2.05, 4.69) is 0 Å². The molecule has 0 fully saturated rings. The highest BCUT2D eigenvalue weighted by Crippen LogP contribution is 2.56. The summed E-state index contributed by atoms with van der Waals surface area (Å²) in [7, 11) is 0. The fraction of sp³-hybridized carbons (Fsp3) is 0.421. The highest BCUT2D eigenvalue weighted by Gasteiger charge is 2.58. The van der Waals surface area contributed by atoms with Crippen molar-refractivity contribution in [2.75, 3.05) is 0 Å². The monoisotopic (exact) mass is 352 g/mol. The largest absolute Gasteiger partial charge is 0.481 e. The summed E-state index contributed by atoms with van der Waals surface area (Å²) in [5.41, 5.74) is -1.66. The Morgan fingerprint density at radius 3 is 2.60 bits per heavy atom. The van der Waals surface area contributed by atoms with Crippen LogP contribution in [0, 0.1) is 17.3 Å². The quantitative estimate of drug-likeness (QED) is 0.787. The molecule has 0 aliphatic heterocycles. The van der Waals surface area contributed by atoms with Gasteiger partial charge in [0.05, 0.1) is 11.8 Å². The number of aliphatic carboxylic acids is 1. The number of alkyl halides is 3. The van der Waals surface area contributed by atoms with Crippen LogP contribution in [0.5, 0.6) is 0 Å². The number of rotatable bonds is 2. The number of carboxylic acid groups (broad SMARTS) is 1. The topological polar surface area (TPSA) is 57.5 Å². The van der Waals surface area contributed by atoms with E-state index in [9.17, 15) is 28.2 Å². The van der Waals surface area contributed by atoms with Crippen molar-refractivity contribution in [3.8, 4) is 0 Å². The zero-order valence-electron chi connectivity index (χ0n) is 13.6. The highest BCUT2D eigenvalue weighted by atomic mass is 19.4. The molecule has 1 aromatic carbocycles. The van der Waals surface area contributed by atoms with Crippen LogP contribution in [0.1, 0.15) is 30.9 Å². The Labute approximate surface area is 143 Å². The number of carbonyl (C=O) groups is 1. The van der Waals surface area contributed by atoms with Gasteiger partial charge in [-0.3, -0.25) is 4.79 Å². The third kappa shape index (κ3) is 2.68. The predicted octanol–water partition coefficient (Wildman–Crippen LogP) is 4.14. The molecule has 0 aromatic heterocycles. The van der Waals surface area contributed by atoms with Crippen molar-refractivity contribution < 1.29 is 28.2 Å². The molecule has 0 heterocycles. The summed E-state index contributed by atoms with van der Waals surface area (Å²) in [6.45, 7) is 1.53. The second-order valence-electron chi connectivity index (χ2n) is 6.97. The lowest BCUT2D eigenvalue weighted by Gasteiger charge is -2.50.